The summed E-state index contributed by atoms with van der Waals surface area (Å²) in [6.45, 7) is 3.44. The summed E-state index contributed by atoms with van der Waals surface area (Å²) in [5, 5.41) is 3.29. The zero-order valence-electron chi connectivity index (χ0n) is 11.9. The smallest absolute Gasteiger partial charge is 0.264 e. The number of aryl methyl sites for hydroxylation is 2. The molecule has 2 aromatic rings. The van der Waals surface area contributed by atoms with Crippen molar-refractivity contribution in [2.45, 2.75) is 12.8 Å². The first-order chi connectivity index (χ1) is 10.3. The molecule has 1 aliphatic heterocycles. The Morgan fingerprint density at radius 1 is 1.10 bits per heavy atom. The van der Waals surface area contributed by atoms with Crippen molar-refractivity contribution >= 4 is 17.2 Å². The third kappa shape index (κ3) is 2.28. The summed E-state index contributed by atoms with van der Waals surface area (Å²) in [6, 6.07) is 10.7. The molecular formula is C17H18N2OS. The van der Waals surface area contributed by atoms with Gasteiger partial charge in [-0.05, 0) is 35.6 Å². The summed E-state index contributed by atoms with van der Waals surface area (Å²) in [6.07, 6.45) is 2.14. The summed E-state index contributed by atoms with van der Waals surface area (Å²) >= 11 is 1.67. The molecule has 4 rings (SSSR count). The topological polar surface area (TPSA) is 32.3 Å². The Morgan fingerprint density at radius 2 is 1.86 bits per heavy atom. The van der Waals surface area contributed by atoms with Gasteiger partial charge in [0.15, 0.2) is 0 Å². The van der Waals surface area contributed by atoms with Crippen LogP contribution >= 0.6 is 11.3 Å². The van der Waals surface area contributed by atoms with Crippen molar-refractivity contribution in [2.24, 2.45) is 0 Å². The number of fused-ring (bicyclic) bond motifs is 3. The molecule has 108 valence electrons. The Kier molecular flexibility index (Phi) is 3.28. The summed E-state index contributed by atoms with van der Waals surface area (Å²) < 4.78 is 0. The van der Waals surface area contributed by atoms with Crippen molar-refractivity contribution in [3.63, 3.8) is 0 Å². The lowest BCUT2D eigenvalue weighted by Crippen LogP contribution is -2.46. The van der Waals surface area contributed by atoms with E-state index < -0.39 is 0 Å². The van der Waals surface area contributed by atoms with Gasteiger partial charge in [0.05, 0.1) is 4.88 Å². The molecule has 3 nitrogen and oxygen atoms in total. The lowest BCUT2D eigenvalue weighted by molar-refractivity contribution is 0.0740. The highest BCUT2D eigenvalue weighted by Crippen LogP contribution is 2.39. The van der Waals surface area contributed by atoms with Crippen molar-refractivity contribution in [3.05, 3.63) is 46.3 Å². The van der Waals surface area contributed by atoms with Gasteiger partial charge in [-0.15, -0.1) is 11.3 Å². The molecular weight excluding hydrogens is 280 g/mol. The van der Waals surface area contributed by atoms with Crippen LogP contribution in [0.25, 0.3) is 10.4 Å². The van der Waals surface area contributed by atoms with Crippen LogP contribution < -0.4 is 5.32 Å². The van der Waals surface area contributed by atoms with Gasteiger partial charge in [-0.2, -0.15) is 0 Å². The van der Waals surface area contributed by atoms with E-state index in [1.807, 2.05) is 4.90 Å². The SMILES string of the molecule is O=C(c1cc2c(s1)-c1ccccc1CC2)N1CCNCC1. The van der Waals surface area contributed by atoms with Crippen LogP contribution in [0.5, 0.6) is 0 Å². The number of hydrogen-bond acceptors (Lipinski definition) is 3. The van der Waals surface area contributed by atoms with Gasteiger partial charge in [-0.1, -0.05) is 24.3 Å². The number of carbonyl (C=O) groups is 1. The second kappa shape index (κ2) is 5.28. The molecule has 0 unspecified atom stereocenters. The Morgan fingerprint density at radius 3 is 2.71 bits per heavy atom. The monoisotopic (exact) mass is 298 g/mol. The van der Waals surface area contributed by atoms with E-state index in [2.05, 4.69) is 35.6 Å². The number of piperazine rings is 1. The minimum atomic E-state index is 0.202. The molecule has 0 atom stereocenters. The van der Waals surface area contributed by atoms with E-state index in [9.17, 15) is 4.79 Å². The van der Waals surface area contributed by atoms with Gasteiger partial charge in [-0.3, -0.25) is 4.79 Å². The predicted molar refractivity (Wildman–Crippen MR) is 85.9 cm³/mol. The average Bonchev–Trinajstić information content (AvgIpc) is 2.99. The van der Waals surface area contributed by atoms with E-state index >= 15 is 0 Å². The molecule has 0 saturated carbocycles. The predicted octanol–water partition coefficient (Wildman–Crippen LogP) is 2.56. The molecule has 2 heterocycles. The molecule has 1 N–H and O–H groups in total. The minimum Gasteiger partial charge on any atom is -0.335 e. The fourth-order valence-corrected chi connectivity index (χ4v) is 4.44. The molecule has 21 heavy (non-hydrogen) atoms. The molecule has 1 fully saturated rings. The van der Waals surface area contributed by atoms with Gasteiger partial charge >= 0.3 is 0 Å². The van der Waals surface area contributed by atoms with E-state index in [1.54, 1.807) is 11.3 Å². The Bertz CT molecular complexity index is 686. The Balaban J connectivity index is 1.68. The second-order valence-corrected chi connectivity index (χ2v) is 6.72. The third-order valence-electron chi connectivity index (χ3n) is 4.35. The normalized spacial score (nSPS) is 17.2. The first-order valence-corrected chi connectivity index (χ1v) is 8.35. The molecule has 1 saturated heterocycles. The van der Waals surface area contributed by atoms with Gasteiger partial charge in [0.2, 0.25) is 0 Å². The lowest BCUT2D eigenvalue weighted by Gasteiger charge is -2.26. The van der Waals surface area contributed by atoms with Gasteiger partial charge < -0.3 is 10.2 Å². The number of nitrogens with zero attached hydrogens (tertiary/aromatic N) is 1. The number of hydrogen-bond donors (Lipinski definition) is 1. The van der Waals surface area contributed by atoms with Crippen molar-refractivity contribution < 1.29 is 4.79 Å². The largest absolute Gasteiger partial charge is 0.335 e. The zero-order chi connectivity index (χ0) is 14.2. The molecule has 0 radical (unpaired) electrons. The highest BCUT2D eigenvalue weighted by molar-refractivity contribution is 7.17. The third-order valence-corrected chi connectivity index (χ3v) is 5.55. The molecule has 0 bridgehead atoms. The molecule has 0 spiro atoms. The Labute approximate surface area is 128 Å². The number of amides is 1. The highest BCUT2D eigenvalue weighted by atomic mass is 32.1. The number of nitrogens with one attached hydrogen (secondary N) is 1. The van der Waals surface area contributed by atoms with E-state index in [-0.39, 0.29) is 5.91 Å². The summed E-state index contributed by atoms with van der Waals surface area (Å²) in [5.74, 6) is 0.202. The first kappa shape index (κ1) is 13.0. The summed E-state index contributed by atoms with van der Waals surface area (Å²) in [4.78, 5) is 16.8. The quantitative estimate of drug-likeness (QED) is 0.877. The van der Waals surface area contributed by atoms with Crippen LogP contribution in [0.3, 0.4) is 0 Å². The number of benzene rings is 1. The van der Waals surface area contributed by atoms with Gasteiger partial charge in [-0.25, -0.2) is 0 Å². The maximum atomic E-state index is 12.6. The molecule has 4 heteroatoms. The standard InChI is InChI=1S/C17H18N2OS/c20-17(19-9-7-18-8-10-19)15-11-13-6-5-12-3-1-2-4-14(12)16(13)21-15/h1-4,11,18H,5-10H2. The van der Waals surface area contributed by atoms with E-state index in [0.717, 1.165) is 43.9 Å². The van der Waals surface area contributed by atoms with Gasteiger partial charge in [0, 0.05) is 31.1 Å². The zero-order valence-corrected chi connectivity index (χ0v) is 12.7. The minimum absolute atomic E-state index is 0.202. The lowest BCUT2D eigenvalue weighted by atomic mass is 9.91. The van der Waals surface area contributed by atoms with Gasteiger partial charge in [0.25, 0.3) is 5.91 Å². The van der Waals surface area contributed by atoms with E-state index in [4.69, 9.17) is 0 Å². The molecule has 1 aromatic heterocycles. The number of rotatable bonds is 1. The number of thiophene rings is 1. The Hall–Kier alpha value is -1.65. The van der Waals surface area contributed by atoms with Crippen LogP contribution in [0.15, 0.2) is 30.3 Å². The molecule has 2 aliphatic rings. The van der Waals surface area contributed by atoms with E-state index in [1.165, 1.54) is 21.6 Å². The van der Waals surface area contributed by atoms with Crippen molar-refractivity contribution in [1.29, 1.82) is 0 Å². The summed E-state index contributed by atoms with van der Waals surface area (Å²) in [7, 11) is 0. The second-order valence-electron chi connectivity index (χ2n) is 5.66. The highest BCUT2D eigenvalue weighted by Gasteiger charge is 2.24. The van der Waals surface area contributed by atoms with E-state index in [0.29, 0.717) is 0 Å². The first-order valence-electron chi connectivity index (χ1n) is 7.54. The summed E-state index contributed by atoms with van der Waals surface area (Å²) in [5.41, 5.74) is 4.08. The van der Waals surface area contributed by atoms with Crippen LogP contribution in [0, 0.1) is 0 Å². The molecule has 1 aliphatic carbocycles. The van der Waals surface area contributed by atoms with Crippen LogP contribution in [-0.2, 0) is 12.8 Å². The van der Waals surface area contributed by atoms with Crippen molar-refractivity contribution in [3.8, 4) is 10.4 Å². The van der Waals surface area contributed by atoms with Gasteiger partial charge in [0.1, 0.15) is 0 Å². The average molecular weight is 298 g/mol. The van der Waals surface area contributed by atoms with Crippen LogP contribution in [0.1, 0.15) is 20.8 Å². The fraction of sp³-hybridized carbons (Fsp3) is 0.353. The molecule has 1 aromatic carbocycles. The van der Waals surface area contributed by atoms with Crippen LogP contribution in [0.2, 0.25) is 0 Å². The van der Waals surface area contributed by atoms with Crippen molar-refractivity contribution in [2.75, 3.05) is 26.2 Å². The molecule has 1 amide bonds. The van der Waals surface area contributed by atoms with Crippen LogP contribution in [-0.4, -0.2) is 37.0 Å². The van der Waals surface area contributed by atoms with Crippen LogP contribution in [0.4, 0.5) is 0 Å². The maximum Gasteiger partial charge on any atom is 0.264 e. The number of carbonyl (C=O) groups excluding carboxylic acids is 1. The maximum absolute atomic E-state index is 12.6. The fourth-order valence-electron chi connectivity index (χ4n) is 3.20. The van der Waals surface area contributed by atoms with Crippen molar-refractivity contribution in [1.82, 2.24) is 10.2 Å².